The van der Waals surface area contributed by atoms with Crippen LogP contribution in [0.1, 0.15) is 37.0 Å². The van der Waals surface area contributed by atoms with Gasteiger partial charge in [-0.05, 0) is 47.6 Å². The summed E-state index contributed by atoms with van der Waals surface area (Å²) < 4.78 is 7.21. The van der Waals surface area contributed by atoms with Gasteiger partial charge < -0.3 is 4.74 Å². The highest BCUT2D eigenvalue weighted by atomic mass is 16.6. The molecule has 2 heterocycles. The molecule has 1 aliphatic heterocycles. The Labute approximate surface area is 221 Å². The van der Waals surface area contributed by atoms with Crippen molar-refractivity contribution in [1.29, 1.82) is 0 Å². The number of anilines is 1. The standard InChI is InChI=1S/C31H28N4O3/c1-20(21-6-4-3-5-7-21)38-30(37)34-29-26(18-33-35(29)2)24-10-8-22(9-11-24)23-12-14-25(15-13-23)31(16-17-31)28(36)27-19-32-27/h3-15,18,20H,16-17,19H2,1-2H3,(H,34,37)/t20-/m1/s1. The monoisotopic (exact) mass is 504 g/mol. The molecule has 0 radical (unpaired) electrons. The molecule has 1 amide bonds. The number of nitrogens with one attached hydrogen (secondary N) is 1. The molecule has 190 valence electrons. The first-order valence-electron chi connectivity index (χ1n) is 12.8. The predicted octanol–water partition coefficient (Wildman–Crippen LogP) is 6.12. The molecule has 7 heteroatoms. The van der Waals surface area contributed by atoms with Crippen LogP contribution >= 0.6 is 0 Å². The van der Waals surface area contributed by atoms with Crippen LogP contribution in [0.4, 0.5) is 10.6 Å². The summed E-state index contributed by atoms with van der Waals surface area (Å²) in [6, 6.07) is 26.0. The van der Waals surface area contributed by atoms with E-state index in [4.69, 9.17) is 4.74 Å². The largest absolute Gasteiger partial charge is 0.441 e. The summed E-state index contributed by atoms with van der Waals surface area (Å²) in [5.74, 6) is 0.765. The van der Waals surface area contributed by atoms with E-state index < -0.39 is 6.09 Å². The van der Waals surface area contributed by atoms with Gasteiger partial charge in [-0.15, -0.1) is 0 Å². The van der Waals surface area contributed by atoms with Gasteiger partial charge in [-0.2, -0.15) is 5.10 Å². The highest BCUT2D eigenvalue weighted by Crippen LogP contribution is 2.50. The summed E-state index contributed by atoms with van der Waals surface area (Å²) in [5.41, 5.74) is 6.28. The third-order valence-corrected chi connectivity index (χ3v) is 7.44. The van der Waals surface area contributed by atoms with Crippen LogP contribution in [0, 0.1) is 0 Å². The quantitative estimate of drug-likeness (QED) is 0.313. The van der Waals surface area contributed by atoms with Gasteiger partial charge in [0.2, 0.25) is 0 Å². The molecule has 0 unspecified atom stereocenters. The molecule has 7 nitrogen and oxygen atoms in total. The molecule has 3 aromatic carbocycles. The SMILES string of the molecule is C[C@@H](OC(=O)Nc1c(-c2ccc(-c3ccc(C4(C(=O)C5=NC5)CC4)cc3)cc2)cnn1C)c1ccccc1. The van der Waals surface area contributed by atoms with E-state index >= 15 is 0 Å². The van der Waals surface area contributed by atoms with Crippen molar-refractivity contribution in [3.63, 3.8) is 0 Å². The summed E-state index contributed by atoms with van der Waals surface area (Å²) in [4.78, 5) is 29.4. The van der Waals surface area contributed by atoms with Crippen LogP contribution in [-0.2, 0) is 22.0 Å². The van der Waals surface area contributed by atoms with Crippen molar-refractivity contribution >= 4 is 23.4 Å². The topological polar surface area (TPSA) is 85.6 Å². The van der Waals surface area contributed by atoms with Crippen molar-refractivity contribution in [1.82, 2.24) is 9.78 Å². The number of carbonyl (C=O) groups excluding carboxylic acids is 2. The number of rotatable bonds is 8. The summed E-state index contributed by atoms with van der Waals surface area (Å²) in [7, 11) is 1.78. The van der Waals surface area contributed by atoms with Gasteiger partial charge in [0.15, 0.2) is 5.78 Å². The van der Waals surface area contributed by atoms with Gasteiger partial charge >= 0.3 is 6.09 Å². The molecule has 0 bridgehead atoms. The lowest BCUT2D eigenvalue weighted by Crippen LogP contribution is -2.24. The lowest BCUT2D eigenvalue weighted by Gasteiger charge is -2.15. The number of aryl methyl sites for hydroxylation is 1. The summed E-state index contributed by atoms with van der Waals surface area (Å²) >= 11 is 0. The minimum atomic E-state index is -0.538. The number of Topliss-reactive ketones (excluding diaryl/α,β-unsaturated/α-hetero) is 1. The fraction of sp³-hybridized carbons (Fsp3) is 0.226. The maximum Gasteiger partial charge on any atom is 0.413 e. The van der Waals surface area contributed by atoms with Crippen LogP contribution in [0.3, 0.4) is 0 Å². The van der Waals surface area contributed by atoms with E-state index in [1.807, 2.05) is 61.5 Å². The second kappa shape index (κ2) is 9.41. The van der Waals surface area contributed by atoms with Crippen LogP contribution in [-0.4, -0.2) is 33.9 Å². The Morgan fingerprint density at radius 1 is 0.921 bits per heavy atom. The molecule has 0 spiro atoms. The van der Waals surface area contributed by atoms with E-state index in [1.54, 1.807) is 17.9 Å². The average molecular weight is 505 g/mol. The molecule has 38 heavy (non-hydrogen) atoms. The van der Waals surface area contributed by atoms with Gasteiger partial charge in [-0.1, -0.05) is 78.9 Å². The highest BCUT2D eigenvalue weighted by molar-refractivity contribution is 6.49. The Morgan fingerprint density at radius 3 is 2.13 bits per heavy atom. The van der Waals surface area contributed by atoms with Crippen LogP contribution in [0.15, 0.2) is 90.1 Å². The normalized spacial score (nSPS) is 15.8. The fourth-order valence-electron chi connectivity index (χ4n) is 4.93. The molecule has 4 aromatic rings. The number of hydrogen-bond donors (Lipinski definition) is 1. The number of aliphatic imine (C=N–C) groups is 1. The third kappa shape index (κ3) is 4.52. The maximum absolute atomic E-state index is 12.7. The number of amides is 1. The van der Waals surface area contributed by atoms with E-state index in [0.29, 0.717) is 12.4 Å². The Hall–Kier alpha value is -4.52. The predicted molar refractivity (Wildman–Crippen MR) is 147 cm³/mol. The van der Waals surface area contributed by atoms with Crippen molar-refractivity contribution in [3.8, 4) is 22.3 Å². The third-order valence-electron chi connectivity index (χ3n) is 7.44. The Morgan fingerprint density at radius 2 is 1.53 bits per heavy atom. The smallest absolute Gasteiger partial charge is 0.413 e. The number of aromatic nitrogens is 2. The molecule has 1 aliphatic carbocycles. The van der Waals surface area contributed by atoms with E-state index in [-0.39, 0.29) is 17.3 Å². The number of nitrogens with zero attached hydrogens (tertiary/aromatic N) is 3. The number of benzene rings is 3. The highest BCUT2D eigenvalue weighted by Gasteiger charge is 2.53. The molecule has 2 aliphatic rings. The lowest BCUT2D eigenvalue weighted by molar-refractivity contribution is -0.115. The first-order chi connectivity index (χ1) is 18.4. The molecule has 1 saturated carbocycles. The van der Waals surface area contributed by atoms with E-state index in [9.17, 15) is 9.59 Å². The lowest BCUT2D eigenvalue weighted by atomic mass is 9.88. The van der Waals surface area contributed by atoms with Gasteiger partial charge in [0.25, 0.3) is 0 Å². The Balaban J connectivity index is 1.16. The van der Waals surface area contributed by atoms with Gasteiger partial charge in [-0.3, -0.25) is 19.8 Å². The zero-order valence-corrected chi connectivity index (χ0v) is 21.3. The fourth-order valence-corrected chi connectivity index (χ4v) is 4.93. The van der Waals surface area contributed by atoms with Crippen molar-refractivity contribution in [3.05, 3.63) is 96.2 Å². The van der Waals surface area contributed by atoms with Gasteiger partial charge in [0.1, 0.15) is 17.6 Å². The van der Waals surface area contributed by atoms with Gasteiger partial charge in [-0.25, -0.2) is 4.79 Å². The number of ether oxygens (including phenoxy) is 1. The second-order valence-corrected chi connectivity index (χ2v) is 9.94. The zero-order chi connectivity index (χ0) is 26.3. The summed E-state index contributed by atoms with van der Waals surface area (Å²) in [6.45, 7) is 2.45. The first-order valence-corrected chi connectivity index (χ1v) is 12.8. The van der Waals surface area contributed by atoms with Gasteiger partial charge in [0, 0.05) is 12.6 Å². The van der Waals surface area contributed by atoms with Crippen molar-refractivity contribution in [2.45, 2.75) is 31.3 Å². The molecule has 1 N–H and O–H groups in total. The Bertz CT molecular complexity index is 1530. The number of hydrogen-bond acceptors (Lipinski definition) is 5. The minimum Gasteiger partial charge on any atom is -0.441 e. The van der Waals surface area contributed by atoms with Crippen LogP contribution in [0.2, 0.25) is 0 Å². The molecule has 1 atom stereocenters. The second-order valence-electron chi connectivity index (χ2n) is 9.94. The van der Waals surface area contributed by atoms with Crippen molar-refractivity contribution < 1.29 is 14.3 Å². The average Bonchev–Trinajstić information content (AvgIpc) is 3.88. The van der Waals surface area contributed by atoms with E-state index in [2.05, 4.69) is 39.7 Å². The minimum absolute atomic E-state index is 0.203. The molecule has 0 saturated heterocycles. The molecular weight excluding hydrogens is 476 g/mol. The zero-order valence-electron chi connectivity index (χ0n) is 21.3. The molecule has 6 rings (SSSR count). The van der Waals surface area contributed by atoms with Crippen molar-refractivity contribution in [2.75, 3.05) is 11.9 Å². The Kier molecular flexibility index (Phi) is 5.91. The van der Waals surface area contributed by atoms with Crippen LogP contribution < -0.4 is 5.32 Å². The van der Waals surface area contributed by atoms with E-state index in [0.717, 1.165) is 51.9 Å². The van der Waals surface area contributed by atoms with E-state index in [1.165, 1.54) is 0 Å². The summed E-state index contributed by atoms with van der Waals surface area (Å²) in [6.07, 6.45) is 2.62. The molecule has 1 fully saturated rings. The van der Waals surface area contributed by atoms with Gasteiger partial charge in [0.05, 0.1) is 18.2 Å². The molecular formula is C31H28N4O3. The first kappa shape index (κ1) is 23.9. The van der Waals surface area contributed by atoms with Crippen LogP contribution in [0.5, 0.6) is 0 Å². The maximum atomic E-state index is 12.7. The van der Waals surface area contributed by atoms with Crippen LogP contribution in [0.25, 0.3) is 22.3 Å². The summed E-state index contributed by atoms with van der Waals surface area (Å²) in [5, 5.41) is 7.20. The number of ketones is 1. The van der Waals surface area contributed by atoms with Crippen molar-refractivity contribution in [2.24, 2.45) is 12.0 Å². The number of carbonyl (C=O) groups is 2. The molecule has 1 aromatic heterocycles.